The molecule has 0 unspecified atom stereocenters. The summed E-state index contributed by atoms with van der Waals surface area (Å²) in [5, 5.41) is 22.0. The second kappa shape index (κ2) is 18.4. The smallest absolute Gasteiger partial charge is 0.342 e. The van der Waals surface area contributed by atoms with E-state index in [2.05, 4.69) is 20.4 Å². The summed E-state index contributed by atoms with van der Waals surface area (Å²) in [6, 6.07) is 6.51. The predicted octanol–water partition coefficient (Wildman–Crippen LogP) is 3.86. The quantitative estimate of drug-likeness (QED) is 0.140. The van der Waals surface area contributed by atoms with Crippen LogP contribution in [0.15, 0.2) is 24.3 Å². The van der Waals surface area contributed by atoms with Crippen LogP contribution in [0.25, 0.3) is 0 Å². The van der Waals surface area contributed by atoms with Crippen molar-refractivity contribution in [1.29, 1.82) is 0 Å². The molecule has 0 aliphatic heterocycles. The van der Waals surface area contributed by atoms with Gasteiger partial charge in [0.1, 0.15) is 0 Å². The molecule has 10 heteroatoms. The molecule has 0 aliphatic carbocycles. The first-order valence-corrected chi connectivity index (χ1v) is 11.8. The minimum atomic E-state index is -0.620. The van der Waals surface area contributed by atoms with Crippen LogP contribution in [0.2, 0.25) is 0 Å². The fourth-order valence-electron chi connectivity index (χ4n) is 3.32. The van der Waals surface area contributed by atoms with Gasteiger partial charge in [-0.3, -0.25) is 9.59 Å². The molecule has 1 aromatic rings. The summed E-state index contributed by atoms with van der Waals surface area (Å²) in [5.74, 6) is -1.62. The van der Waals surface area contributed by atoms with Gasteiger partial charge in [-0.2, -0.15) is 10.5 Å². The van der Waals surface area contributed by atoms with Gasteiger partial charge in [-0.15, -0.1) is 0 Å². The molecule has 34 heavy (non-hydrogen) atoms. The molecule has 0 saturated carbocycles. The van der Waals surface area contributed by atoms with Gasteiger partial charge in [-0.25, -0.2) is 9.59 Å². The molecule has 2 amide bonds. The Kier molecular flexibility index (Phi) is 15.8. The van der Waals surface area contributed by atoms with Gasteiger partial charge in [0.05, 0.1) is 0 Å². The third-order valence-corrected chi connectivity index (χ3v) is 5.30. The average Bonchev–Trinajstić information content (AvgIpc) is 2.86. The molecule has 10 nitrogen and oxygen atoms in total. The van der Waals surface area contributed by atoms with Crippen LogP contribution in [0.4, 0.5) is 0 Å². The van der Waals surface area contributed by atoms with Gasteiger partial charge >= 0.3 is 11.9 Å². The first-order valence-electron chi connectivity index (χ1n) is 11.8. The van der Waals surface area contributed by atoms with E-state index in [4.69, 9.17) is 10.5 Å². The number of hydrogen-bond acceptors (Lipinski definition) is 8. The highest BCUT2D eigenvalue weighted by atomic mass is 17.1. The summed E-state index contributed by atoms with van der Waals surface area (Å²) >= 11 is 0. The molecule has 0 fully saturated rings. The molecule has 0 atom stereocenters. The summed E-state index contributed by atoms with van der Waals surface area (Å²) in [6.07, 6.45) is 8.80. The molecule has 0 saturated heterocycles. The van der Waals surface area contributed by atoms with Crippen LogP contribution in [-0.4, -0.2) is 47.4 Å². The highest BCUT2D eigenvalue weighted by molar-refractivity contribution is 5.97. The van der Waals surface area contributed by atoms with Crippen LogP contribution in [0.3, 0.4) is 0 Å². The Balaban J connectivity index is 2.13. The Labute approximate surface area is 199 Å². The van der Waals surface area contributed by atoms with Gasteiger partial charge in [-0.1, -0.05) is 38.5 Å². The Morgan fingerprint density at radius 1 is 0.559 bits per heavy atom. The monoisotopic (exact) mass is 480 g/mol. The number of amides is 2. The van der Waals surface area contributed by atoms with E-state index >= 15 is 0 Å². The van der Waals surface area contributed by atoms with Gasteiger partial charge in [-0.05, 0) is 49.9 Å². The molecule has 0 bridgehead atoms. The normalized spacial score (nSPS) is 10.4. The molecule has 0 aliphatic rings. The highest BCUT2D eigenvalue weighted by Crippen LogP contribution is 2.08. The van der Waals surface area contributed by atoms with Crippen molar-refractivity contribution in [1.82, 2.24) is 10.6 Å². The number of nitrogens with one attached hydrogen (secondary N) is 2. The molecule has 190 valence electrons. The van der Waals surface area contributed by atoms with E-state index in [9.17, 15) is 19.2 Å². The molecule has 0 heterocycles. The molecule has 4 N–H and O–H groups in total. The molecular weight excluding hydrogens is 444 g/mol. The molecule has 1 aromatic carbocycles. The van der Waals surface area contributed by atoms with E-state index in [-0.39, 0.29) is 24.7 Å². The van der Waals surface area contributed by atoms with E-state index < -0.39 is 11.9 Å². The molecule has 0 aromatic heterocycles. The number of carbonyl (C=O) groups is 4. The van der Waals surface area contributed by atoms with E-state index in [1.165, 1.54) is 0 Å². The van der Waals surface area contributed by atoms with Crippen LogP contribution >= 0.6 is 0 Å². The van der Waals surface area contributed by atoms with E-state index in [0.29, 0.717) is 37.1 Å². The number of hydrogen-bond donors (Lipinski definition) is 4. The zero-order valence-electron chi connectivity index (χ0n) is 19.6. The van der Waals surface area contributed by atoms with Crippen molar-refractivity contribution in [3.8, 4) is 0 Å². The van der Waals surface area contributed by atoms with Crippen LogP contribution in [0, 0.1) is 0 Å². The first-order chi connectivity index (χ1) is 16.5. The van der Waals surface area contributed by atoms with Crippen molar-refractivity contribution in [2.24, 2.45) is 0 Å². The summed E-state index contributed by atoms with van der Waals surface area (Å²) in [5.41, 5.74) is 0.980. The number of benzene rings is 1. The lowest BCUT2D eigenvalue weighted by molar-refractivity contribution is -0.234. The lowest BCUT2D eigenvalue weighted by Gasteiger charge is -2.08. The predicted molar refractivity (Wildman–Crippen MR) is 124 cm³/mol. The van der Waals surface area contributed by atoms with Gasteiger partial charge in [0.15, 0.2) is 0 Å². The third-order valence-electron chi connectivity index (χ3n) is 5.30. The Bertz CT molecular complexity index is 689. The van der Waals surface area contributed by atoms with E-state index in [1.807, 2.05) is 0 Å². The Morgan fingerprint density at radius 2 is 0.882 bits per heavy atom. The minimum absolute atomic E-state index is 0.190. The molecular formula is C24H36N2O8. The maximum absolute atomic E-state index is 12.2. The summed E-state index contributed by atoms with van der Waals surface area (Å²) < 4.78 is 0. The number of unbranched alkanes of at least 4 members (excludes halogenated alkanes) is 8. The molecule has 0 radical (unpaired) electrons. The minimum Gasteiger partial charge on any atom is -0.352 e. The maximum atomic E-state index is 12.2. The second-order valence-corrected chi connectivity index (χ2v) is 8.05. The first kappa shape index (κ1) is 29.1. The third kappa shape index (κ3) is 13.5. The van der Waals surface area contributed by atoms with Gasteiger partial charge in [0.25, 0.3) is 11.8 Å². The largest absolute Gasteiger partial charge is 0.352 e. The van der Waals surface area contributed by atoms with Crippen LogP contribution in [-0.2, 0) is 19.4 Å². The van der Waals surface area contributed by atoms with E-state index in [1.54, 1.807) is 24.3 Å². The van der Waals surface area contributed by atoms with Crippen molar-refractivity contribution >= 4 is 23.8 Å². The lowest BCUT2D eigenvalue weighted by Crippen LogP contribution is -2.26. The lowest BCUT2D eigenvalue weighted by atomic mass is 10.1. The van der Waals surface area contributed by atoms with Crippen LogP contribution < -0.4 is 10.6 Å². The average molecular weight is 481 g/mol. The zero-order valence-corrected chi connectivity index (χ0v) is 19.6. The fourth-order valence-corrected chi connectivity index (χ4v) is 3.32. The Morgan fingerprint density at radius 3 is 1.24 bits per heavy atom. The van der Waals surface area contributed by atoms with Crippen molar-refractivity contribution in [3.05, 3.63) is 35.4 Å². The Hall–Kier alpha value is -2.98. The highest BCUT2D eigenvalue weighted by Gasteiger charge is 2.09. The van der Waals surface area contributed by atoms with Crippen LogP contribution in [0.5, 0.6) is 0 Å². The standard InChI is InChI=1S/C24H36N2O8/c27-21(33-31)11-7-3-1-5-9-17-25-23(29)19-13-15-20(16-14-19)24(30)26-18-10-6-2-4-8-12-22(28)34-32/h13-16,31-32H,1-12,17-18H2,(H,25,29)(H,26,30). The van der Waals surface area contributed by atoms with E-state index in [0.717, 1.165) is 51.4 Å². The fraction of sp³-hybridized carbons (Fsp3) is 0.583. The summed E-state index contributed by atoms with van der Waals surface area (Å²) in [6.45, 7) is 1.09. The topological polar surface area (TPSA) is 151 Å². The molecule has 1 rings (SSSR count). The van der Waals surface area contributed by atoms with Gasteiger partial charge in [0, 0.05) is 37.1 Å². The number of rotatable bonds is 18. The van der Waals surface area contributed by atoms with Crippen molar-refractivity contribution in [3.63, 3.8) is 0 Å². The zero-order chi connectivity index (χ0) is 25.0. The maximum Gasteiger partial charge on any atom is 0.342 e. The summed E-state index contributed by atoms with van der Waals surface area (Å²) in [7, 11) is 0. The summed E-state index contributed by atoms with van der Waals surface area (Å²) in [4.78, 5) is 53.2. The van der Waals surface area contributed by atoms with Crippen molar-refractivity contribution < 1.29 is 39.5 Å². The molecule has 0 spiro atoms. The van der Waals surface area contributed by atoms with Crippen molar-refractivity contribution in [2.75, 3.05) is 13.1 Å². The number of carbonyl (C=O) groups excluding carboxylic acids is 4. The van der Waals surface area contributed by atoms with Gasteiger partial charge in [0.2, 0.25) is 0 Å². The SMILES string of the molecule is O=C(CCCCCCCNC(=O)c1ccc(C(=O)NCCCCCCCC(=O)OO)cc1)OO. The van der Waals surface area contributed by atoms with Crippen LogP contribution in [0.1, 0.15) is 97.8 Å². The van der Waals surface area contributed by atoms with Crippen molar-refractivity contribution in [2.45, 2.75) is 77.0 Å². The van der Waals surface area contributed by atoms with Gasteiger partial charge < -0.3 is 20.4 Å². The second-order valence-electron chi connectivity index (χ2n) is 8.05.